The van der Waals surface area contributed by atoms with Crippen LogP contribution in [0.2, 0.25) is 0 Å². The molecular weight excluding hydrogens is 164 g/mol. The summed E-state index contributed by atoms with van der Waals surface area (Å²) in [6.07, 6.45) is 1.99. The van der Waals surface area contributed by atoms with Crippen LogP contribution in [0.25, 0.3) is 0 Å². The lowest BCUT2D eigenvalue weighted by atomic mass is 10.5. The van der Waals surface area contributed by atoms with Crippen molar-refractivity contribution in [2.75, 3.05) is 12.9 Å². The van der Waals surface area contributed by atoms with Crippen molar-refractivity contribution < 1.29 is 14.3 Å². The Labute approximate surface area is 69.5 Å². The lowest BCUT2D eigenvalue weighted by Gasteiger charge is -1.96. The standard InChI is InChI=1S/C7H10O3S/c1-10-6(8)4-11-7(9)5-2-3-5/h5H,2-4H2,1H3. The van der Waals surface area contributed by atoms with Crippen molar-refractivity contribution in [2.24, 2.45) is 5.92 Å². The highest BCUT2D eigenvalue weighted by atomic mass is 32.2. The van der Waals surface area contributed by atoms with Crippen LogP contribution < -0.4 is 0 Å². The Morgan fingerprint density at radius 2 is 2.18 bits per heavy atom. The van der Waals surface area contributed by atoms with Crippen LogP contribution in [0.4, 0.5) is 0 Å². The third-order valence-corrected chi connectivity index (χ3v) is 2.47. The maximum Gasteiger partial charge on any atom is 0.316 e. The maximum absolute atomic E-state index is 11.0. The van der Waals surface area contributed by atoms with Crippen LogP contribution in [0.1, 0.15) is 12.8 Å². The normalized spacial score (nSPS) is 16.1. The topological polar surface area (TPSA) is 43.4 Å². The molecule has 0 unspecified atom stereocenters. The average molecular weight is 174 g/mol. The van der Waals surface area contributed by atoms with Crippen molar-refractivity contribution >= 4 is 22.8 Å². The van der Waals surface area contributed by atoms with Gasteiger partial charge in [0.25, 0.3) is 0 Å². The van der Waals surface area contributed by atoms with Gasteiger partial charge in [-0.1, -0.05) is 11.8 Å². The summed E-state index contributed by atoms with van der Waals surface area (Å²) in [6, 6.07) is 0. The molecule has 0 aromatic heterocycles. The van der Waals surface area contributed by atoms with E-state index in [1.165, 1.54) is 7.11 Å². The third kappa shape index (κ3) is 2.93. The van der Waals surface area contributed by atoms with Gasteiger partial charge in [0.2, 0.25) is 0 Å². The average Bonchev–Trinajstić information content (AvgIpc) is 2.81. The Hall–Kier alpha value is -0.510. The molecule has 0 spiro atoms. The highest BCUT2D eigenvalue weighted by Crippen LogP contribution is 2.33. The second-order valence-electron chi connectivity index (χ2n) is 2.46. The lowest BCUT2D eigenvalue weighted by Crippen LogP contribution is -2.06. The van der Waals surface area contributed by atoms with E-state index in [9.17, 15) is 9.59 Å². The molecule has 1 aliphatic rings. The van der Waals surface area contributed by atoms with E-state index in [2.05, 4.69) is 4.74 Å². The third-order valence-electron chi connectivity index (χ3n) is 1.47. The summed E-state index contributed by atoms with van der Waals surface area (Å²) in [4.78, 5) is 21.5. The molecule has 0 saturated heterocycles. The monoisotopic (exact) mass is 174 g/mol. The molecule has 11 heavy (non-hydrogen) atoms. The number of hydrogen-bond acceptors (Lipinski definition) is 4. The Morgan fingerprint density at radius 1 is 1.55 bits per heavy atom. The predicted octanol–water partition coefficient (Wildman–Crippen LogP) is 0.829. The van der Waals surface area contributed by atoms with Gasteiger partial charge in [-0.3, -0.25) is 9.59 Å². The fourth-order valence-electron chi connectivity index (χ4n) is 0.626. The zero-order valence-electron chi connectivity index (χ0n) is 6.33. The van der Waals surface area contributed by atoms with Crippen molar-refractivity contribution in [1.29, 1.82) is 0 Å². The van der Waals surface area contributed by atoms with Crippen LogP contribution in [0, 0.1) is 5.92 Å². The number of methoxy groups -OCH3 is 1. The highest BCUT2D eigenvalue weighted by Gasteiger charge is 2.30. The van der Waals surface area contributed by atoms with Crippen molar-refractivity contribution in [1.82, 2.24) is 0 Å². The van der Waals surface area contributed by atoms with Gasteiger partial charge in [0.1, 0.15) is 0 Å². The molecule has 1 fully saturated rings. The van der Waals surface area contributed by atoms with Gasteiger partial charge in [0.05, 0.1) is 12.9 Å². The van der Waals surface area contributed by atoms with Crippen LogP contribution in [-0.4, -0.2) is 23.9 Å². The van der Waals surface area contributed by atoms with E-state index in [1.54, 1.807) is 0 Å². The van der Waals surface area contributed by atoms with Crippen LogP contribution in [-0.2, 0) is 14.3 Å². The van der Waals surface area contributed by atoms with E-state index < -0.39 is 0 Å². The van der Waals surface area contributed by atoms with Crippen LogP contribution in [0.15, 0.2) is 0 Å². The molecule has 1 rings (SSSR count). The van der Waals surface area contributed by atoms with Crippen molar-refractivity contribution in [3.8, 4) is 0 Å². The molecule has 0 amide bonds. The first-order chi connectivity index (χ1) is 5.24. The van der Waals surface area contributed by atoms with Crippen LogP contribution in [0.3, 0.4) is 0 Å². The molecule has 0 aromatic rings. The van der Waals surface area contributed by atoms with Gasteiger partial charge >= 0.3 is 5.97 Å². The smallest absolute Gasteiger partial charge is 0.316 e. The molecule has 0 bridgehead atoms. The maximum atomic E-state index is 11.0. The minimum atomic E-state index is -0.330. The van der Waals surface area contributed by atoms with Gasteiger partial charge in [-0.25, -0.2) is 0 Å². The van der Waals surface area contributed by atoms with Gasteiger partial charge < -0.3 is 4.74 Å². The van der Waals surface area contributed by atoms with Gasteiger partial charge in [0.15, 0.2) is 5.12 Å². The van der Waals surface area contributed by atoms with E-state index in [0.29, 0.717) is 0 Å². The molecular formula is C7H10O3S. The fraction of sp³-hybridized carbons (Fsp3) is 0.714. The molecule has 62 valence electrons. The Balaban J connectivity index is 2.10. The summed E-state index contributed by atoms with van der Waals surface area (Å²) in [5.74, 6) is 0.0555. The summed E-state index contributed by atoms with van der Waals surface area (Å²) < 4.78 is 4.39. The Kier molecular flexibility index (Phi) is 2.93. The number of rotatable bonds is 3. The first-order valence-corrected chi connectivity index (χ1v) is 4.46. The Morgan fingerprint density at radius 3 is 2.64 bits per heavy atom. The second kappa shape index (κ2) is 3.76. The van der Waals surface area contributed by atoms with Gasteiger partial charge in [-0.2, -0.15) is 0 Å². The van der Waals surface area contributed by atoms with Gasteiger partial charge in [-0.05, 0) is 12.8 Å². The highest BCUT2D eigenvalue weighted by molar-refractivity contribution is 8.14. The summed E-state index contributed by atoms with van der Waals surface area (Å²) in [7, 11) is 1.32. The molecule has 0 radical (unpaired) electrons. The molecule has 0 aromatic carbocycles. The molecule has 0 aliphatic heterocycles. The first kappa shape index (κ1) is 8.59. The zero-order valence-corrected chi connectivity index (χ0v) is 7.15. The predicted molar refractivity (Wildman–Crippen MR) is 42.2 cm³/mol. The van der Waals surface area contributed by atoms with E-state index in [-0.39, 0.29) is 22.8 Å². The second-order valence-corrected chi connectivity index (χ2v) is 3.44. The van der Waals surface area contributed by atoms with Crippen LogP contribution in [0.5, 0.6) is 0 Å². The number of carbonyl (C=O) groups excluding carboxylic acids is 2. The summed E-state index contributed by atoms with van der Waals surface area (Å²) in [5.41, 5.74) is 0. The fourth-order valence-corrected chi connectivity index (χ4v) is 1.48. The summed E-state index contributed by atoms with van der Waals surface area (Å²) >= 11 is 1.07. The number of thioether (sulfide) groups is 1. The quantitative estimate of drug-likeness (QED) is 0.594. The van der Waals surface area contributed by atoms with Gasteiger partial charge in [-0.15, -0.1) is 0 Å². The number of esters is 1. The Bertz CT molecular complexity index is 175. The molecule has 0 N–H and O–H groups in total. The molecule has 1 aliphatic carbocycles. The largest absolute Gasteiger partial charge is 0.468 e. The zero-order chi connectivity index (χ0) is 8.27. The number of ether oxygens (including phenoxy) is 1. The first-order valence-electron chi connectivity index (χ1n) is 3.47. The SMILES string of the molecule is COC(=O)CSC(=O)C1CC1. The van der Waals surface area contributed by atoms with E-state index >= 15 is 0 Å². The molecule has 3 nitrogen and oxygen atoms in total. The summed E-state index contributed by atoms with van der Waals surface area (Å²) in [5, 5.41) is 0.135. The molecule has 0 atom stereocenters. The van der Waals surface area contributed by atoms with E-state index in [0.717, 1.165) is 24.6 Å². The van der Waals surface area contributed by atoms with E-state index in [1.807, 2.05) is 0 Å². The summed E-state index contributed by atoms with van der Waals surface area (Å²) in [6.45, 7) is 0. The lowest BCUT2D eigenvalue weighted by molar-refractivity contribution is -0.137. The van der Waals surface area contributed by atoms with E-state index in [4.69, 9.17) is 0 Å². The number of hydrogen-bond donors (Lipinski definition) is 0. The van der Waals surface area contributed by atoms with Crippen molar-refractivity contribution in [3.63, 3.8) is 0 Å². The minimum absolute atomic E-state index is 0.135. The molecule has 0 heterocycles. The van der Waals surface area contributed by atoms with Crippen molar-refractivity contribution in [3.05, 3.63) is 0 Å². The van der Waals surface area contributed by atoms with Crippen LogP contribution >= 0.6 is 11.8 Å². The molecule has 1 saturated carbocycles. The van der Waals surface area contributed by atoms with Gasteiger partial charge in [0, 0.05) is 5.92 Å². The molecule has 4 heteroatoms. The number of carbonyl (C=O) groups is 2. The minimum Gasteiger partial charge on any atom is -0.468 e. The van der Waals surface area contributed by atoms with Crippen molar-refractivity contribution in [2.45, 2.75) is 12.8 Å².